The summed E-state index contributed by atoms with van der Waals surface area (Å²) in [7, 11) is 0. The fourth-order valence-electron chi connectivity index (χ4n) is 3.63. The molecule has 4 rings (SSSR count). The summed E-state index contributed by atoms with van der Waals surface area (Å²) >= 11 is 0. The summed E-state index contributed by atoms with van der Waals surface area (Å²) in [6, 6.07) is 6.98. The Labute approximate surface area is 217 Å². The molecule has 8 nitrogen and oxygen atoms in total. The van der Waals surface area contributed by atoms with E-state index in [1.807, 2.05) is 6.92 Å². The zero-order valence-electron chi connectivity index (χ0n) is 20.5. The fourth-order valence-corrected chi connectivity index (χ4v) is 3.63. The van der Waals surface area contributed by atoms with E-state index in [2.05, 4.69) is 20.5 Å². The number of hydrogen-bond donors (Lipinski definition) is 3. The van der Waals surface area contributed by atoms with Crippen LogP contribution >= 0.6 is 0 Å². The van der Waals surface area contributed by atoms with Gasteiger partial charge >= 0.3 is 12.4 Å². The van der Waals surface area contributed by atoms with E-state index < -0.39 is 64.7 Å². The molecule has 212 valence electrons. The highest BCUT2D eigenvalue weighted by atomic mass is 19.4. The van der Waals surface area contributed by atoms with E-state index in [1.165, 1.54) is 17.7 Å². The minimum Gasteiger partial charge on any atom is -0.416 e. The molecular formula is C24H24F7N5O3. The predicted octanol–water partition coefficient (Wildman–Crippen LogP) is 5.17. The van der Waals surface area contributed by atoms with Gasteiger partial charge in [0.25, 0.3) is 17.7 Å². The first-order valence-electron chi connectivity index (χ1n) is 11.7. The molecule has 1 unspecified atom stereocenters. The van der Waals surface area contributed by atoms with Gasteiger partial charge in [0.15, 0.2) is 5.69 Å². The van der Waals surface area contributed by atoms with Crippen LogP contribution in [0.1, 0.15) is 60.1 Å². The first-order valence-corrected chi connectivity index (χ1v) is 11.7. The predicted molar refractivity (Wildman–Crippen MR) is 123 cm³/mol. The third kappa shape index (κ3) is 6.82. The molecule has 0 radical (unpaired) electrons. The fraction of sp³-hybridized carbons (Fsp3) is 0.417. The zero-order chi connectivity index (χ0) is 29.0. The Hall–Kier alpha value is -3.75. The minimum absolute atomic E-state index is 0.111. The van der Waals surface area contributed by atoms with Crippen molar-refractivity contribution in [1.82, 2.24) is 20.5 Å². The van der Waals surface area contributed by atoms with Crippen molar-refractivity contribution < 1.29 is 45.1 Å². The second-order valence-corrected chi connectivity index (χ2v) is 8.64. The number of nitrogens with two attached hydrogens (primary N) is 1. The Morgan fingerprint density at radius 3 is 2.31 bits per heavy atom. The lowest BCUT2D eigenvalue weighted by Crippen LogP contribution is -2.42. The van der Waals surface area contributed by atoms with Gasteiger partial charge in [-0.1, -0.05) is 25.5 Å². The molecule has 2 aromatic heterocycles. The molecule has 15 heteroatoms. The van der Waals surface area contributed by atoms with Crippen LogP contribution in [0.25, 0.3) is 11.6 Å². The second-order valence-electron chi connectivity index (χ2n) is 8.64. The van der Waals surface area contributed by atoms with Gasteiger partial charge < -0.3 is 20.6 Å². The number of anilines is 1. The van der Waals surface area contributed by atoms with E-state index in [0.717, 1.165) is 6.42 Å². The van der Waals surface area contributed by atoms with E-state index in [0.29, 0.717) is 6.07 Å². The number of hydrogen-bond acceptors (Lipinski definition) is 7. The molecule has 1 aliphatic rings. The number of carbonyl (C=O) groups is 1. The number of alkyl halides is 6. The van der Waals surface area contributed by atoms with Gasteiger partial charge in [-0.3, -0.25) is 4.79 Å². The SMILES string of the molecule is CCc1ccc(F)cc1.Nc1cc(C(F)(F)F)c2nc1-c1nnc(o1)C(O)(C(F)(F)F)CCCCCNC2=O. The number of nitrogens with zero attached hydrogens (tertiary/aromatic N) is 3. The Kier molecular flexibility index (Phi) is 8.83. The van der Waals surface area contributed by atoms with Crippen molar-refractivity contribution in [1.29, 1.82) is 0 Å². The summed E-state index contributed by atoms with van der Waals surface area (Å²) < 4.78 is 97.6. The van der Waals surface area contributed by atoms with Crippen molar-refractivity contribution in [2.75, 3.05) is 12.3 Å². The minimum atomic E-state index is -5.16. The number of amides is 1. The number of fused-ring (bicyclic) bond motifs is 5. The van der Waals surface area contributed by atoms with Crippen LogP contribution in [0.5, 0.6) is 0 Å². The molecule has 0 saturated carbocycles. The molecule has 4 bridgehead atoms. The average Bonchev–Trinajstić information content (AvgIpc) is 3.35. The molecular weight excluding hydrogens is 539 g/mol. The molecule has 1 aliphatic heterocycles. The molecule has 0 fully saturated rings. The topological polar surface area (TPSA) is 127 Å². The number of benzene rings is 1. The quantitative estimate of drug-likeness (QED) is 0.349. The van der Waals surface area contributed by atoms with Crippen molar-refractivity contribution in [2.45, 2.75) is 57.0 Å². The number of nitrogen functional groups attached to an aromatic ring is 1. The lowest BCUT2D eigenvalue weighted by molar-refractivity contribution is -0.277. The van der Waals surface area contributed by atoms with E-state index in [4.69, 9.17) is 10.2 Å². The summed E-state index contributed by atoms with van der Waals surface area (Å²) in [5, 5.41) is 19.0. The number of pyridine rings is 1. The van der Waals surface area contributed by atoms with Crippen LogP contribution in [-0.2, 0) is 18.2 Å². The first kappa shape index (κ1) is 29.8. The smallest absolute Gasteiger partial charge is 0.416 e. The van der Waals surface area contributed by atoms with E-state index >= 15 is 0 Å². The van der Waals surface area contributed by atoms with Crippen LogP contribution in [0.4, 0.5) is 36.4 Å². The number of aromatic nitrogens is 3. The monoisotopic (exact) mass is 563 g/mol. The third-order valence-corrected chi connectivity index (χ3v) is 5.85. The van der Waals surface area contributed by atoms with Gasteiger partial charge in [-0.05, 0) is 49.4 Å². The number of aliphatic hydroxyl groups is 1. The summed E-state index contributed by atoms with van der Waals surface area (Å²) in [4.78, 5) is 15.8. The van der Waals surface area contributed by atoms with Crippen LogP contribution in [0.3, 0.4) is 0 Å². The van der Waals surface area contributed by atoms with Gasteiger partial charge in [0.05, 0.1) is 11.3 Å². The van der Waals surface area contributed by atoms with Crippen molar-refractivity contribution in [2.24, 2.45) is 0 Å². The standard InChI is InChI=1S/C16H15F6N5O3.C8H9F/c17-15(18,19)7-6-8(23)10-12-26-27-13(30-12)14(29,16(20,21)22)4-2-1-3-5-24-11(28)9(7)25-10;1-2-7-3-5-8(9)6-4-7/h6,29H,1-5,23H2,(H,24,28);3-6H,2H2,1H3. The molecule has 3 aromatic rings. The van der Waals surface area contributed by atoms with Gasteiger partial charge in [0, 0.05) is 6.54 Å². The second kappa shape index (κ2) is 11.6. The van der Waals surface area contributed by atoms with E-state index in [9.17, 15) is 40.6 Å². The largest absolute Gasteiger partial charge is 0.426 e. The van der Waals surface area contributed by atoms with Gasteiger partial charge in [-0.15, -0.1) is 10.2 Å². The van der Waals surface area contributed by atoms with Gasteiger partial charge in [-0.25, -0.2) is 9.37 Å². The van der Waals surface area contributed by atoms with Crippen LogP contribution < -0.4 is 11.1 Å². The Morgan fingerprint density at radius 1 is 1.05 bits per heavy atom. The Morgan fingerprint density at radius 2 is 1.72 bits per heavy atom. The van der Waals surface area contributed by atoms with Crippen molar-refractivity contribution in [3.63, 3.8) is 0 Å². The lowest BCUT2D eigenvalue weighted by Gasteiger charge is -2.27. The highest BCUT2D eigenvalue weighted by Gasteiger charge is 2.58. The molecule has 39 heavy (non-hydrogen) atoms. The summed E-state index contributed by atoms with van der Waals surface area (Å²) in [5.74, 6) is -3.28. The molecule has 0 spiro atoms. The molecule has 1 atom stereocenters. The Bertz CT molecular complexity index is 1290. The van der Waals surface area contributed by atoms with Crippen LogP contribution in [0.15, 0.2) is 34.7 Å². The van der Waals surface area contributed by atoms with E-state index in [-0.39, 0.29) is 31.6 Å². The van der Waals surface area contributed by atoms with Crippen LogP contribution in [0, 0.1) is 5.82 Å². The number of halogens is 7. The number of carbonyl (C=O) groups excluding carboxylic acids is 1. The number of nitrogens with one attached hydrogen (secondary N) is 1. The first-order chi connectivity index (χ1) is 18.2. The highest BCUT2D eigenvalue weighted by molar-refractivity contribution is 5.95. The molecule has 0 aliphatic carbocycles. The van der Waals surface area contributed by atoms with Gasteiger partial charge in [-0.2, -0.15) is 26.3 Å². The molecule has 1 amide bonds. The summed E-state index contributed by atoms with van der Waals surface area (Å²) in [6.45, 7) is 1.94. The highest BCUT2D eigenvalue weighted by Crippen LogP contribution is 2.43. The molecule has 1 aromatic carbocycles. The van der Waals surface area contributed by atoms with Crippen molar-refractivity contribution in [3.8, 4) is 11.6 Å². The van der Waals surface area contributed by atoms with Crippen molar-refractivity contribution in [3.05, 3.63) is 58.9 Å². The van der Waals surface area contributed by atoms with Crippen LogP contribution in [-0.4, -0.2) is 38.9 Å². The molecule has 0 saturated heterocycles. The average molecular weight is 563 g/mol. The normalized spacial score (nSPS) is 18.4. The Balaban J connectivity index is 0.000000395. The lowest BCUT2D eigenvalue weighted by atomic mass is 9.95. The zero-order valence-corrected chi connectivity index (χ0v) is 20.5. The van der Waals surface area contributed by atoms with Crippen molar-refractivity contribution >= 4 is 11.6 Å². The maximum atomic E-state index is 13.5. The van der Waals surface area contributed by atoms with E-state index in [1.54, 1.807) is 12.1 Å². The maximum absolute atomic E-state index is 13.5. The molecule has 4 N–H and O–H groups in total. The van der Waals surface area contributed by atoms with Crippen LogP contribution in [0.2, 0.25) is 0 Å². The summed E-state index contributed by atoms with van der Waals surface area (Å²) in [5.41, 5.74) is -0.476. The number of rotatable bonds is 1. The maximum Gasteiger partial charge on any atom is 0.426 e. The third-order valence-electron chi connectivity index (χ3n) is 5.85. The van der Waals surface area contributed by atoms with Gasteiger partial charge in [0.1, 0.15) is 11.5 Å². The number of aryl methyl sites for hydroxylation is 1. The summed E-state index contributed by atoms with van der Waals surface area (Å²) in [6.07, 6.45) is -9.82. The van der Waals surface area contributed by atoms with Gasteiger partial charge in [0.2, 0.25) is 5.60 Å². The molecule has 3 heterocycles.